The number of aromatic carboxylic acids is 1. The van der Waals surface area contributed by atoms with Crippen LogP contribution in [-0.4, -0.2) is 40.6 Å². The van der Waals surface area contributed by atoms with E-state index in [-0.39, 0.29) is 23.1 Å². The van der Waals surface area contributed by atoms with Gasteiger partial charge in [0, 0.05) is 13.0 Å². The molecule has 0 aliphatic carbocycles. The molecule has 1 fully saturated rings. The lowest BCUT2D eigenvalue weighted by Crippen LogP contribution is -2.33. The van der Waals surface area contributed by atoms with Gasteiger partial charge in [-0.1, -0.05) is 54.6 Å². The van der Waals surface area contributed by atoms with Crippen molar-refractivity contribution in [3.8, 4) is 0 Å². The summed E-state index contributed by atoms with van der Waals surface area (Å²) in [4.78, 5) is 24.8. The summed E-state index contributed by atoms with van der Waals surface area (Å²) >= 11 is 0. The van der Waals surface area contributed by atoms with E-state index in [2.05, 4.69) is 0 Å². The van der Waals surface area contributed by atoms with Crippen molar-refractivity contribution in [2.24, 2.45) is 0 Å². The summed E-state index contributed by atoms with van der Waals surface area (Å²) in [7, 11) is 0. The number of hydrogen-bond donors (Lipinski definition) is 1. The molecule has 0 unspecified atom stereocenters. The molecule has 1 amide bonds. The highest BCUT2D eigenvalue weighted by atomic mass is 19.4. The number of carboxylic acid groups (broad SMARTS) is 1. The number of hydrogen-bond acceptors (Lipinski definition) is 2. The van der Waals surface area contributed by atoms with E-state index in [9.17, 15) is 22.8 Å². The number of benzene rings is 2. The number of amides is 1. The summed E-state index contributed by atoms with van der Waals surface area (Å²) in [6.07, 6.45) is 0.986. The van der Waals surface area contributed by atoms with Gasteiger partial charge in [0.05, 0.1) is 17.2 Å². The number of carbonyl (C=O) groups is 2. The number of nitrogens with zero attached hydrogens (tertiary/aromatic N) is 1. The monoisotopic (exact) mass is 429 g/mol. The highest BCUT2D eigenvalue weighted by Crippen LogP contribution is 2.33. The third kappa shape index (κ3) is 5.84. The van der Waals surface area contributed by atoms with Gasteiger partial charge >= 0.3 is 12.1 Å². The Morgan fingerprint density at radius 1 is 1.06 bits per heavy atom. The van der Waals surface area contributed by atoms with Crippen LogP contribution in [0, 0.1) is 0 Å². The first-order valence-electron chi connectivity index (χ1n) is 9.88. The minimum absolute atomic E-state index is 0.0418. The smallest absolute Gasteiger partial charge is 0.416 e. The first kappa shape index (κ1) is 22.3. The van der Waals surface area contributed by atoms with Crippen molar-refractivity contribution in [2.45, 2.75) is 31.5 Å². The van der Waals surface area contributed by atoms with E-state index in [0.29, 0.717) is 25.8 Å². The van der Waals surface area contributed by atoms with E-state index in [1.807, 2.05) is 0 Å². The Balaban J connectivity index is 1.69. The fraction of sp³-hybridized carbons (Fsp3) is 0.250. The van der Waals surface area contributed by atoms with Crippen LogP contribution in [0.4, 0.5) is 13.2 Å². The number of likely N-dealkylation sites (tertiary alicyclic amines) is 1. The SMILES string of the molecule is O=C(O)c1ccc(CCN2C(=O)CC[C@@H]2C=CC=C(c2ccccc2)C(F)(F)F)cc1. The van der Waals surface area contributed by atoms with Crippen LogP contribution >= 0.6 is 0 Å². The second-order valence-electron chi connectivity index (χ2n) is 7.27. The molecule has 3 rings (SSSR count). The zero-order valence-electron chi connectivity index (χ0n) is 16.7. The average molecular weight is 429 g/mol. The Bertz CT molecular complexity index is 979. The molecule has 0 aromatic heterocycles. The minimum atomic E-state index is -4.49. The largest absolute Gasteiger partial charge is 0.478 e. The molecule has 1 aliphatic heterocycles. The van der Waals surface area contributed by atoms with Crippen LogP contribution in [0.25, 0.3) is 5.57 Å². The van der Waals surface area contributed by atoms with E-state index in [4.69, 9.17) is 5.11 Å². The van der Waals surface area contributed by atoms with Crippen molar-refractivity contribution in [2.75, 3.05) is 6.54 Å². The summed E-state index contributed by atoms with van der Waals surface area (Å²) in [6, 6.07) is 13.7. The van der Waals surface area contributed by atoms with Gasteiger partial charge in [-0.3, -0.25) is 4.79 Å². The van der Waals surface area contributed by atoms with Crippen LogP contribution < -0.4 is 0 Å². The topological polar surface area (TPSA) is 57.6 Å². The fourth-order valence-corrected chi connectivity index (χ4v) is 3.56. The Kier molecular flexibility index (Phi) is 6.95. The Hall–Kier alpha value is -3.35. The van der Waals surface area contributed by atoms with Crippen molar-refractivity contribution >= 4 is 17.4 Å². The van der Waals surface area contributed by atoms with Gasteiger partial charge in [-0.25, -0.2) is 4.79 Å². The highest BCUT2D eigenvalue weighted by molar-refractivity contribution is 5.87. The molecule has 31 heavy (non-hydrogen) atoms. The molecular weight excluding hydrogens is 407 g/mol. The Labute approximate surface area is 178 Å². The first-order chi connectivity index (χ1) is 14.8. The number of carboxylic acids is 1. The molecular formula is C24H22F3NO3. The zero-order chi connectivity index (χ0) is 22.4. The molecule has 0 radical (unpaired) electrons. The maximum Gasteiger partial charge on any atom is 0.416 e. The molecule has 7 heteroatoms. The van der Waals surface area contributed by atoms with Gasteiger partial charge in [0.25, 0.3) is 0 Å². The number of halogens is 3. The predicted octanol–water partition coefficient (Wildman–Crippen LogP) is 5.12. The second kappa shape index (κ2) is 9.64. The van der Waals surface area contributed by atoms with E-state index in [1.165, 1.54) is 30.3 Å². The van der Waals surface area contributed by atoms with Gasteiger partial charge in [0.1, 0.15) is 0 Å². The van der Waals surface area contributed by atoms with E-state index in [0.717, 1.165) is 11.6 Å². The van der Waals surface area contributed by atoms with Gasteiger partial charge in [-0.05, 0) is 42.2 Å². The quantitative estimate of drug-likeness (QED) is 0.622. The fourth-order valence-electron chi connectivity index (χ4n) is 3.56. The van der Waals surface area contributed by atoms with Gasteiger partial charge in [0.2, 0.25) is 5.91 Å². The van der Waals surface area contributed by atoms with Crippen LogP contribution in [0.3, 0.4) is 0 Å². The first-order valence-corrected chi connectivity index (χ1v) is 9.88. The molecule has 1 aliphatic rings. The maximum atomic E-state index is 13.4. The van der Waals surface area contributed by atoms with Crippen LogP contribution in [0.15, 0.2) is 72.8 Å². The van der Waals surface area contributed by atoms with Crippen LogP contribution in [-0.2, 0) is 11.2 Å². The Morgan fingerprint density at radius 3 is 2.35 bits per heavy atom. The van der Waals surface area contributed by atoms with Crippen LogP contribution in [0.5, 0.6) is 0 Å². The molecule has 4 nitrogen and oxygen atoms in total. The summed E-state index contributed by atoms with van der Waals surface area (Å²) in [5.74, 6) is -1.05. The predicted molar refractivity (Wildman–Crippen MR) is 111 cm³/mol. The average Bonchev–Trinajstić information content (AvgIpc) is 3.09. The van der Waals surface area contributed by atoms with Gasteiger partial charge in [0.15, 0.2) is 0 Å². The van der Waals surface area contributed by atoms with E-state index < -0.39 is 17.7 Å². The third-order valence-electron chi connectivity index (χ3n) is 5.20. The molecule has 0 saturated carbocycles. The third-order valence-corrected chi connectivity index (χ3v) is 5.20. The lowest BCUT2D eigenvalue weighted by Gasteiger charge is -2.22. The molecule has 1 atom stereocenters. The zero-order valence-corrected chi connectivity index (χ0v) is 16.7. The van der Waals surface area contributed by atoms with E-state index in [1.54, 1.807) is 41.3 Å². The van der Waals surface area contributed by atoms with Crippen LogP contribution in [0.1, 0.15) is 34.3 Å². The number of allylic oxidation sites excluding steroid dienone is 3. The van der Waals surface area contributed by atoms with Gasteiger partial charge in [-0.15, -0.1) is 0 Å². The summed E-state index contributed by atoms with van der Waals surface area (Å²) in [5, 5.41) is 8.96. The molecule has 1 saturated heterocycles. The molecule has 2 aromatic carbocycles. The minimum Gasteiger partial charge on any atom is -0.478 e. The molecule has 2 aromatic rings. The van der Waals surface area contributed by atoms with Crippen LogP contribution in [0.2, 0.25) is 0 Å². The number of carbonyl (C=O) groups excluding carboxylic acids is 1. The number of alkyl halides is 3. The normalized spacial score (nSPS) is 17.5. The summed E-state index contributed by atoms with van der Waals surface area (Å²) in [6.45, 7) is 0.411. The number of rotatable bonds is 7. The molecule has 162 valence electrons. The standard InChI is InChI=1S/C24H22F3NO3/c25-24(26,27)21(18-5-2-1-3-6-18)8-4-7-20-13-14-22(29)28(20)16-15-17-9-11-19(12-10-17)23(30)31/h1-12,20H,13-16H2,(H,30,31)/t20-/m0/s1. The van der Waals surface area contributed by atoms with Gasteiger partial charge < -0.3 is 10.0 Å². The van der Waals surface area contributed by atoms with Crippen molar-refractivity contribution in [3.05, 3.63) is 89.5 Å². The molecule has 0 spiro atoms. The summed E-state index contributed by atoms with van der Waals surface area (Å²) in [5.41, 5.74) is 0.422. The van der Waals surface area contributed by atoms with Gasteiger partial charge in [-0.2, -0.15) is 13.2 Å². The Morgan fingerprint density at radius 2 is 1.74 bits per heavy atom. The summed E-state index contributed by atoms with van der Waals surface area (Å²) < 4.78 is 40.3. The lowest BCUT2D eigenvalue weighted by atomic mass is 10.0. The highest BCUT2D eigenvalue weighted by Gasteiger charge is 2.34. The maximum absolute atomic E-state index is 13.4. The van der Waals surface area contributed by atoms with Crippen molar-refractivity contribution in [1.29, 1.82) is 0 Å². The molecule has 0 bridgehead atoms. The lowest BCUT2D eigenvalue weighted by molar-refractivity contribution is -0.128. The van der Waals surface area contributed by atoms with E-state index >= 15 is 0 Å². The van der Waals surface area contributed by atoms with Crippen molar-refractivity contribution < 1.29 is 27.9 Å². The second-order valence-corrected chi connectivity index (χ2v) is 7.27. The van der Waals surface area contributed by atoms with Crippen molar-refractivity contribution in [3.63, 3.8) is 0 Å². The molecule has 1 heterocycles. The molecule has 1 N–H and O–H groups in total. The van der Waals surface area contributed by atoms with Crippen molar-refractivity contribution in [1.82, 2.24) is 4.90 Å².